The van der Waals surface area contributed by atoms with Gasteiger partial charge in [0.05, 0.1) is 0 Å². The fourth-order valence-corrected chi connectivity index (χ4v) is 7.16. The molecule has 0 aromatic carbocycles. The summed E-state index contributed by atoms with van der Waals surface area (Å²) in [6.45, 7) is 3.37. The van der Waals surface area contributed by atoms with Crippen LogP contribution in [0.1, 0.15) is 69.8 Å². The minimum Gasteiger partial charge on any atom is -0.336 e. The normalized spacial score (nSPS) is 35.3. The fourth-order valence-electron chi connectivity index (χ4n) is 6.63. The first-order chi connectivity index (χ1) is 13.3. The predicted octanol–water partition coefficient (Wildman–Crippen LogP) is 4.31. The predicted molar refractivity (Wildman–Crippen MR) is 108 cm³/mol. The SMILES string of the molecule is O=C1CCC[C@H]2[C@@H]3C[C@@H](CN(Cc4cnsc4)C3)[C@H](CC3CCCCC3)N12. The summed E-state index contributed by atoms with van der Waals surface area (Å²) in [5.74, 6) is 2.68. The van der Waals surface area contributed by atoms with Crippen molar-refractivity contribution in [3.8, 4) is 0 Å². The van der Waals surface area contributed by atoms with Crippen LogP contribution < -0.4 is 0 Å². The minimum atomic E-state index is 0.470. The van der Waals surface area contributed by atoms with E-state index >= 15 is 0 Å². The molecule has 4 heterocycles. The van der Waals surface area contributed by atoms with Crippen molar-refractivity contribution < 1.29 is 4.79 Å². The molecule has 2 bridgehead atoms. The Morgan fingerprint density at radius 3 is 2.74 bits per heavy atom. The highest BCUT2D eigenvalue weighted by molar-refractivity contribution is 7.03. The number of fused-ring (bicyclic) bond motifs is 4. The van der Waals surface area contributed by atoms with E-state index in [-0.39, 0.29) is 0 Å². The van der Waals surface area contributed by atoms with E-state index in [9.17, 15) is 4.79 Å². The molecular formula is C22H33N3OS. The number of piperidine rings is 3. The lowest BCUT2D eigenvalue weighted by Gasteiger charge is -2.57. The summed E-state index contributed by atoms with van der Waals surface area (Å²) >= 11 is 1.56. The zero-order chi connectivity index (χ0) is 18.2. The van der Waals surface area contributed by atoms with E-state index in [2.05, 4.69) is 19.6 Å². The topological polar surface area (TPSA) is 36.4 Å². The van der Waals surface area contributed by atoms with Gasteiger partial charge in [-0.3, -0.25) is 9.69 Å². The molecule has 1 amide bonds. The molecule has 1 saturated carbocycles. The molecule has 0 N–H and O–H groups in total. The molecule has 1 aromatic rings. The van der Waals surface area contributed by atoms with Crippen molar-refractivity contribution >= 4 is 17.4 Å². The minimum absolute atomic E-state index is 0.470. The summed E-state index contributed by atoms with van der Waals surface area (Å²) in [6.07, 6.45) is 14.8. The fraction of sp³-hybridized carbons (Fsp3) is 0.818. The molecule has 4 fully saturated rings. The van der Waals surface area contributed by atoms with E-state index in [4.69, 9.17) is 0 Å². The molecule has 1 aromatic heterocycles. The third-order valence-electron chi connectivity index (χ3n) is 7.76. The van der Waals surface area contributed by atoms with Crippen LogP contribution in [0.2, 0.25) is 0 Å². The molecule has 4 aliphatic rings. The first kappa shape index (κ1) is 18.1. The number of hydrogen-bond acceptors (Lipinski definition) is 4. The summed E-state index contributed by atoms with van der Waals surface area (Å²) in [6, 6.07) is 1.02. The van der Waals surface area contributed by atoms with Gasteiger partial charge in [0, 0.05) is 49.7 Å². The second-order valence-electron chi connectivity index (χ2n) is 9.55. The summed E-state index contributed by atoms with van der Waals surface area (Å²) < 4.78 is 4.29. The third-order valence-corrected chi connectivity index (χ3v) is 8.40. The van der Waals surface area contributed by atoms with Crippen molar-refractivity contribution in [1.29, 1.82) is 0 Å². The summed E-state index contributed by atoms with van der Waals surface area (Å²) in [7, 11) is 0. The van der Waals surface area contributed by atoms with Gasteiger partial charge >= 0.3 is 0 Å². The van der Waals surface area contributed by atoms with Crippen LogP contribution in [0.5, 0.6) is 0 Å². The lowest BCUT2D eigenvalue weighted by Crippen LogP contribution is -2.65. The van der Waals surface area contributed by atoms with Gasteiger partial charge in [-0.25, -0.2) is 4.37 Å². The van der Waals surface area contributed by atoms with E-state index in [0.717, 1.165) is 31.8 Å². The van der Waals surface area contributed by atoms with Gasteiger partial charge in [0.2, 0.25) is 5.91 Å². The number of rotatable bonds is 4. The van der Waals surface area contributed by atoms with Gasteiger partial charge in [-0.15, -0.1) is 0 Å². The van der Waals surface area contributed by atoms with Gasteiger partial charge in [-0.1, -0.05) is 32.1 Å². The average Bonchev–Trinajstić information content (AvgIpc) is 3.19. The van der Waals surface area contributed by atoms with Crippen LogP contribution in [-0.2, 0) is 11.3 Å². The maximum Gasteiger partial charge on any atom is 0.223 e. The van der Waals surface area contributed by atoms with E-state index in [0.29, 0.717) is 29.8 Å². The molecule has 3 saturated heterocycles. The van der Waals surface area contributed by atoms with Crippen molar-refractivity contribution in [2.24, 2.45) is 17.8 Å². The number of amides is 1. The molecular weight excluding hydrogens is 354 g/mol. The number of aromatic nitrogens is 1. The van der Waals surface area contributed by atoms with Crippen LogP contribution in [0.4, 0.5) is 0 Å². The van der Waals surface area contributed by atoms with Crippen molar-refractivity contribution in [3.63, 3.8) is 0 Å². The zero-order valence-corrected chi connectivity index (χ0v) is 17.2. The smallest absolute Gasteiger partial charge is 0.223 e. The van der Waals surface area contributed by atoms with E-state index in [1.54, 1.807) is 11.5 Å². The number of carbonyl (C=O) groups excluding carboxylic acids is 1. The first-order valence-corrected chi connectivity index (χ1v) is 12.0. The van der Waals surface area contributed by atoms with Gasteiger partial charge in [0.15, 0.2) is 0 Å². The van der Waals surface area contributed by atoms with E-state index in [1.807, 2.05) is 6.20 Å². The van der Waals surface area contributed by atoms with Crippen molar-refractivity contribution in [2.45, 2.75) is 82.8 Å². The molecule has 4 nitrogen and oxygen atoms in total. The highest BCUT2D eigenvalue weighted by atomic mass is 32.1. The van der Waals surface area contributed by atoms with Crippen LogP contribution >= 0.6 is 11.5 Å². The molecule has 3 aliphatic heterocycles. The van der Waals surface area contributed by atoms with Gasteiger partial charge in [-0.05, 0) is 60.5 Å². The largest absolute Gasteiger partial charge is 0.336 e. The van der Waals surface area contributed by atoms with Crippen LogP contribution in [0.15, 0.2) is 11.6 Å². The van der Waals surface area contributed by atoms with Gasteiger partial charge in [0.25, 0.3) is 0 Å². The van der Waals surface area contributed by atoms with E-state index < -0.39 is 0 Å². The molecule has 4 atom stereocenters. The molecule has 27 heavy (non-hydrogen) atoms. The number of carbonyl (C=O) groups is 1. The Morgan fingerprint density at radius 2 is 1.93 bits per heavy atom. The van der Waals surface area contributed by atoms with Crippen molar-refractivity contribution in [3.05, 3.63) is 17.1 Å². The van der Waals surface area contributed by atoms with Gasteiger partial charge < -0.3 is 4.90 Å². The van der Waals surface area contributed by atoms with E-state index in [1.165, 1.54) is 63.5 Å². The van der Waals surface area contributed by atoms with Gasteiger partial charge in [0.1, 0.15) is 0 Å². The first-order valence-electron chi connectivity index (χ1n) is 11.2. The molecule has 1 aliphatic carbocycles. The lowest BCUT2D eigenvalue weighted by atomic mass is 9.69. The standard InChI is InChI=1S/C22H33N3OS/c26-22-8-4-7-20-18-10-19(14-24(13-18)12-17-11-23-27-15-17)21(25(20)22)9-16-5-2-1-3-6-16/h11,15-16,18-21H,1-10,12-14H2/t18-,19+,20+,21+/m1/s1. The molecule has 0 unspecified atom stereocenters. The zero-order valence-electron chi connectivity index (χ0n) is 16.4. The van der Waals surface area contributed by atoms with Crippen LogP contribution in [0.25, 0.3) is 0 Å². The number of likely N-dealkylation sites (tertiary alicyclic amines) is 1. The van der Waals surface area contributed by atoms with Crippen LogP contribution in [-0.4, -0.2) is 45.3 Å². The number of hydrogen-bond donors (Lipinski definition) is 0. The molecule has 5 rings (SSSR count). The van der Waals surface area contributed by atoms with Crippen molar-refractivity contribution in [1.82, 2.24) is 14.2 Å². The number of nitrogens with zero attached hydrogens (tertiary/aromatic N) is 3. The van der Waals surface area contributed by atoms with Crippen LogP contribution in [0, 0.1) is 17.8 Å². The summed E-state index contributed by atoms with van der Waals surface area (Å²) in [4.78, 5) is 18.1. The Labute approximate surface area is 167 Å². The highest BCUT2D eigenvalue weighted by Crippen LogP contribution is 2.44. The van der Waals surface area contributed by atoms with Crippen LogP contribution in [0.3, 0.4) is 0 Å². The third kappa shape index (κ3) is 3.69. The van der Waals surface area contributed by atoms with Crippen molar-refractivity contribution in [2.75, 3.05) is 13.1 Å². The Hall–Kier alpha value is -0.940. The highest BCUT2D eigenvalue weighted by Gasteiger charge is 2.49. The summed E-state index contributed by atoms with van der Waals surface area (Å²) in [5.41, 5.74) is 1.36. The quantitative estimate of drug-likeness (QED) is 0.772. The average molecular weight is 388 g/mol. The molecule has 0 radical (unpaired) electrons. The molecule has 148 valence electrons. The molecule has 0 spiro atoms. The molecule has 5 heteroatoms. The lowest BCUT2D eigenvalue weighted by molar-refractivity contribution is -0.154. The Balaban J connectivity index is 1.36. The second kappa shape index (κ2) is 7.82. The Kier molecular flexibility index (Phi) is 5.25. The second-order valence-corrected chi connectivity index (χ2v) is 10.2. The Bertz CT molecular complexity index is 642. The Morgan fingerprint density at radius 1 is 1.07 bits per heavy atom. The van der Waals surface area contributed by atoms with Gasteiger partial charge in [-0.2, -0.15) is 0 Å². The monoisotopic (exact) mass is 387 g/mol. The maximum absolute atomic E-state index is 13.0. The summed E-state index contributed by atoms with van der Waals surface area (Å²) in [5, 5.41) is 2.19. The maximum atomic E-state index is 13.0.